The minimum absolute atomic E-state index is 0. The third kappa shape index (κ3) is 10.2. The highest BCUT2D eigenvalue weighted by molar-refractivity contribution is 14.0. The number of benzene rings is 1. The van der Waals surface area contributed by atoms with E-state index in [1.54, 1.807) is 0 Å². The van der Waals surface area contributed by atoms with Gasteiger partial charge in [-0.3, -0.25) is 15.1 Å². The quantitative estimate of drug-likeness (QED) is 0.101. The lowest BCUT2D eigenvalue weighted by molar-refractivity contribution is -0.385. The van der Waals surface area contributed by atoms with Crippen LogP contribution < -0.4 is 15.8 Å². The first-order valence-electron chi connectivity index (χ1n) is 8.92. The van der Waals surface area contributed by atoms with Gasteiger partial charge in [0.05, 0.1) is 16.4 Å². The first-order valence-corrected chi connectivity index (χ1v) is 10.4. The second-order valence-electron chi connectivity index (χ2n) is 6.79. The second kappa shape index (κ2) is 12.9. The number of nitrogens with two attached hydrogens (primary N) is 1. The number of sulfonamides is 1. The number of nitro groups is 1. The number of nitrogens with one attached hydrogen (secondary N) is 2. The lowest BCUT2D eigenvalue weighted by Crippen LogP contribution is -2.39. The summed E-state index contributed by atoms with van der Waals surface area (Å²) in [6.07, 6.45) is 3.23. The molecule has 0 fully saturated rings. The fraction of sp³-hybridized carbons (Fsp3) is 0.588. The number of aliphatic imine (C=N–C) groups is 1. The van der Waals surface area contributed by atoms with Crippen LogP contribution in [0.25, 0.3) is 0 Å². The molecule has 1 atom stereocenters. The van der Waals surface area contributed by atoms with Crippen molar-refractivity contribution in [1.82, 2.24) is 10.0 Å². The van der Waals surface area contributed by atoms with Crippen LogP contribution in [0.15, 0.2) is 34.2 Å². The van der Waals surface area contributed by atoms with Crippen LogP contribution in [-0.2, 0) is 10.0 Å². The van der Waals surface area contributed by atoms with Gasteiger partial charge in [0.25, 0.3) is 5.69 Å². The number of halogens is 1. The number of nitrogens with zero attached hydrogens (tertiary/aromatic N) is 2. The van der Waals surface area contributed by atoms with Crippen LogP contribution in [0, 0.1) is 16.0 Å². The van der Waals surface area contributed by atoms with E-state index in [-0.39, 0.29) is 59.7 Å². The monoisotopic (exact) mass is 527 g/mol. The van der Waals surface area contributed by atoms with Crippen LogP contribution in [0.3, 0.4) is 0 Å². The van der Waals surface area contributed by atoms with Crippen molar-refractivity contribution in [2.45, 2.75) is 51.0 Å². The summed E-state index contributed by atoms with van der Waals surface area (Å²) in [4.78, 5) is 14.0. The third-order valence-corrected chi connectivity index (χ3v) is 5.30. The minimum Gasteiger partial charge on any atom is -0.370 e. The molecule has 160 valence electrons. The van der Waals surface area contributed by atoms with E-state index in [1.807, 2.05) is 6.92 Å². The Kier molecular flexibility index (Phi) is 12.2. The molecule has 0 saturated heterocycles. The molecule has 4 N–H and O–H groups in total. The van der Waals surface area contributed by atoms with Crippen molar-refractivity contribution in [2.75, 3.05) is 13.1 Å². The van der Waals surface area contributed by atoms with E-state index < -0.39 is 14.9 Å². The van der Waals surface area contributed by atoms with Crippen molar-refractivity contribution in [1.29, 1.82) is 0 Å². The van der Waals surface area contributed by atoms with Gasteiger partial charge in [0.2, 0.25) is 10.0 Å². The van der Waals surface area contributed by atoms with Crippen molar-refractivity contribution in [3.8, 4) is 0 Å². The molecule has 0 aliphatic heterocycles. The maximum atomic E-state index is 12.2. The molecule has 0 amide bonds. The van der Waals surface area contributed by atoms with Gasteiger partial charge in [-0.15, -0.1) is 24.0 Å². The van der Waals surface area contributed by atoms with Crippen LogP contribution >= 0.6 is 24.0 Å². The van der Waals surface area contributed by atoms with Gasteiger partial charge in [0.1, 0.15) is 0 Å². The molecule has 0 spiro atoms. The smallest absolute Gasteiger partial charge is 0.270 e. The molecule has 1 aromatic carbocycles. The maximum absolute atomic E-state index is 12.2. The van der Waals surface area contributed by atoms with E-state index in [2.05, 4.69) is 28.9 Å². The molecule has 28 heavy (non-hydrogen) atoms. The number of nitro benzene ring substituents is 1. The van der Waals surface area contributed by atoms with Crippen molar-refractivity contribution in [2.24, 2.45) is 16.6 Å². The topological polar surface area (TPSA) is 140 Å². The number of hydrogen-bond donors (Lipinski definition) is 3. The Hall–Kier alpha value is -1.47. The Morgan fingerprint density at radius 3 is 2.57 bits per heavy atom. The summed E-state index contributed by atoms with van der Waals surface area (Å²) in [5, 5.41) is 13.8. The Morgan fingerprint density at radius 2 is 1.96 bits per heavy atom. The predicted octanol–water partition coefficient (Wildman–Crippen LogP) is 2.61. The maximum Gasteiger partial charge on any atom is 0.270 e. The van der Waals surface area contributed by atoms with Gasteiger partial charge in [-0.05, 0) is 25.3 Å². The Balaban J connectivity index is 0.00000729. The summed E-state index contributed by atoms with van der Waals surface area (Å²) in [6, 6.07) is 5.06. The van der Waals surface area contributed by atoms with Crippen LogP contribution in [0.2, 0.25) is 0 Å². The van der Waals surface area contributed by atoms with Crippen molar-refractivity contribution < 1.29 is 13.3 Å². The number of rotatable bonds is 11. The molecule has 0 saturated carbocycles. The van der Waals surface area contributed by atoms with Crippen molar-refractivity contribution in [3.05, 3.63) is 34.4 Å². The Labute approximate surface area is 183 Å². The molecule has 0 radical (unpaired) electrons. The molecule has 0 bridgehead atoms. The first kappa shape index (κ1) is 26.5. The molecule has 0 heterocycles. The molecule has 1 rings (SSSR count). The molecule has 0 aliphatic carbocycles. The average Bonchev–Trinajstić information content (AvgIpc) is 2.58. The predicted molar refractivity (Wildman–Crippen MR) is 121 cm³/mol. The Morgan fingerprint density at radius 1 is 1.29 bits per heavy atom. The number of hydrogen-bond acceptors (Lipinski definition) is 5. The molecule has 0 aromatic heterocycles. The summed E-state index contributed by atoms with van der Waals surface area (Å²) in [6.45, 7) is 6.58. The zero-order valence-electron chi connectivity index (χ0n) is 16.4. The van der Waals surface area contributed by atoms with Crippen molar-refractivity contribution in [3.63, 3.8) is 0 Å². The lowest BCUT2D eigenvalue weighted by atomic mass is 10.0. The highest BCUT2D eigenvalue weighted by atomic mass is 127. The molecule has 0 aliphatic rings. The van der Waals surface area contributed by atoms with E-state index in [9.17, 15) is 18.5 Å². The van der Waals surface area contributed by atoms with Crippen molar-refractivity contribution >= 4 is 45.6 Å². The second-order valence-corrected chi connectivity index (χ2v) is 8.56. The number of guanidine groups is 1. The summed E-state index contributed by atoms with van der Waals surface area (Å²) < 4.78 is 26.7. The largest absolute Gasteiger partial charge is 0.370 e. The van der Waals surface area contributed by atoms with E-state index in [1.165, 1.54) is 18.2 Å². The summed E-state index contributed by atoms with van der Waals surface area (Å²) in [5.41, 5.74) is 5.53. The highest BCUT2D eigenvalue weighted by Crippen LogP contribution is 2.16. The fourth-order valence-electron chi connectivity index (χ4n) is 2.41. The third-order valence-electron chi connectivity index (χ3n) is 3.84. The van der Waals surface area contributed by atoms with Gasteiger partial charge in [0, 0.05) is 24.7 Å². The lowest BCUT2D eigenvalue weighted by Gasteiger charge is -2.15. The van der Waals surface area contributed by atoms with Crippen LogP contribution in [0.4, 0.5) is 5.69 Å². The molecule has 1 aromatic rings. The average molecular weight is 527 g/mol. The zero-order valence-corrected chi connectivity index (χ0v) is 19.6. The number of non-ortho nitro benzene ring substituents is 1. The summed E-state index contributed by atoms with van der Waals surface area (Å²) in [7, 11) is -3.84. The van der Waals surface area contributed by atoms with E-state index in [0.717, 1.165) is 25.3 Å². The van der Waals surface area contributed by atoms with Crippen LogP contribution in [0.5, 0.6) is 0 Å². The van der Waals surface area contributed by atoms with E-state index >= 15 is 0 Å². The SMILES string of the molecule is CC(C)CCCC(C)NC(N)=NCCNS(=O)(=O)c1cccc([N+](=O)[O-])c1.I. The molecule has 9 nitrogen and oxygen atoms in total. The molecule has 1 unspecified atom stereocenters. The van der Waals surface area contributed by atoms with Gasteiger partial charge in [0.15, 0.2) is 5.96 Å². The minimum atomic E-state index is -3.84. The molecular formula is C17H30IN5O4S. The zero-order chi connectivity index (χ0) is 20.4. The van der Waals surface area contributed by atoms with E-state index in [4.69, 9.17) is 5.73 Å². The highest BCUT2D eigenvalue weighted by Gasteiger charge is 2.16. The van der Waals surface area contributed by atoms with Gasteiger partial charge >= 0.3 is 0 Å². The first-order chi connectivity index (χ1) is 12.6. The van der Waals surface area contributed by atoms with Crippen LogP contribution in [0.1, 0.15) is 40.0 Å². The normalized spacial score (nSPS) is 13.1. The standard InChI is InChI=1S/C17H29N5O4S.HI/c1-13(2)6-4-7-14(3)21-17(18)19-10-11-20-27(25,26)16-9-5-8-15(12-16)22(23)24;/h5,8-9,12-14,20H,4,6-7,10-11H2,1-3H3,(H3,18,19,21);1H. The van der Waals surface area contributed by atoms with Gasteiger partial charge in [-0.2, -0.15) is 0 Å². The Bertz CT molecular complexity index is 756. The van der Waals surface area contributed by atoms with E-state index in [0.29, 0.717) is 5.92 Å². The van der Waals surface area contributed by atoms with Crippen LogP contribution in [-0.4, -0.2) is 38.4 Å². The summed E-state index contributed by atoms with van der Waals surface area (Å²) >= 11 is 0. The van der Waals surface area contributed by atoms with Gasteiger partial charge in [-0.25, -0.2) is 13.1 Å². The molecule has 11 heteroatoms. The molecular weight excluding hydrogens is 497 g/mol. The van der Waals surface area contributed by atoms with Gasteiger partial charge < -0.3 is 11.1 Å². The van der Waals surface area contributed by atoms with Gasteiger partial charge in [-0.1, -0.05) is 32.8 Å². The summed E-state index contributed by atoms with van der Waals surface area (Å²) in [5.74, 6) is 0.934. The fourth-order valence-corrected chi connectivity index (χ4v) is 3.47.